The lowest BCUT2D eigenvalue weighted by Crippen LogP contribution is -2.49. The van der Waals surface area contributed by atoms with Gasteiger partial charge in [0, 0.05) is 24.6 Å². The van der Waals surface area contributed by atoms with Gasteiger partial charge in [-0.05, 0) is 38.8 Å². The van der Waals surface area contributed by atoms with Crippen LogP contribution in [0.5, 0.6) is 0 Å². The zero-order chi connectivity index (χ0) is 17.6. The van der Waals surface area contributed by atoms with E-state index in [1.165, 1.54) is 0 Å². The Hall–Kier alpha value is -1.36. The molecule has 0 bridgehead atoms. The maximum Gasteiger partial charge on any atom is 0.273 e. The molecule has 0 aromatic carbocycles. The van der Waals surface area contributed by atoms with Crippen molar-refractivity contribution >= 4 is 5.91 Å². The predicted molar refractivity (Wildman–Crippen MR) is 93.7 cm³/mol. The van der Waals surface area contributed by atoms with Crippen LogP contribution in [0.25, 0.3) is 0 Å². The van der Waals surface area contributed by atoms with Crippen molar-refractivity contribution in [2.24, 2.45) is 5.41 Å². The second-order valence-electron chi connectivity index (χ2n) is 6.99. The average molecular weight is 323 g/mol. The fourth-order valence-electron chi connectivity index (χ4n) is 2.75. The van der Waals surface area contributed by atoms with Gasteiger partial charge in [0.1, 0.15) is 5.76 Å². The summed E-state index contributed by atoms with van der Waals surface area (Å²) in [5.74, 6) is 0.632. The minimum absolute atomic E-state index is 0.0218. The van der Waals surface area contributed by atoms with Gasteiger partial charge in [0.25, 0.3) is 5.91 Å². The number of aromatic nitrogens is 1. The van der Waals surface area contributed by atoms with Gasteiger partial charge in [0.15, 0.2) is 5.69 Å². The van der Waals surface area contributed by atoms with Gasteiger partial charge in [0.2, 0.25) is 0 Å². The Labute approximate surface area is 140 Å². The number of nitrogens with zero attached hydrogens (tertiary/aromatic N) is 2. The molecule has 0 aliphatic carbocycles. The van der Waals surface area contributed by atoms with Gasteiger partial charge < -0.3 is 14.7 Å². The molecule has 23 heavy (non-hydrogen) atoms. The van der Waals surface area contributed by atoms with Crippen molar-refractivity contribution in [2.75, 3.05) is 19.6 Å². The number of hydrogen-bond donors (Lipinski definition) is 1. The summed E-state index contributed by atoms with van der Waals surface area (Å²) in [7, 11) is 0. The Balaban J connectivity index is 2.74. The number of carbonyl (C=O) groups is 1. The monoisotopic (exact) mass is 323 g/mol. The molecule has 0 radical (unpaired) electrons. The van der Waals surface area contributed by atoms with Crippen molar-refractivity contribution in [1.29, 1.82) is 0 Å². The van der Waals surface area contributed by atoms with Crippen molar-refractivity contribution in [1.82, 2.24) is 15.4 Å². The Morgan fingerprint density at radius 3 is 2.48 bits per heavy atom. The second kappa shape index (κ2) is 8.48. The van der Waals surface area contributed by atoms with Gasteiger partial charge in [-0.3, -0.25) is 4.79 Å². The number of rotatable bonds is 9. The lowest BCUT2D eigenvalue weighted by Gasteiger charge is -2.37. The predicted octanol–water partition coefficient (Wildman–Crippen LogP) is 3.42. The largest absolute Gasteiger partial charge is 0.360 e. The summed E-state index contributed by atoms with van der Waals surface area (Å²) in [6, 6.07) is 0.0436. The van der Waals surface area contributed by atoms with E-state index in [1.54, 1.807) is 0 Å². The summed E-state index contributed by atoms with van der Waals surface area (Å²) < 4.78 is 5.23. The molecule has 1 rings (SSSR count). The highest BCUT2D eigenvalue weighted by Gasteiger charge is 2.30. The van der Waals surface area contributed by atoms with Gasteiger partial charge in [-0.25, -0.2) is 0 Å². The van der Waals surface area contributed by atoms with Gasteiger partial charge in [-0.2, -0.15) is 0 Å². The molecule has 1 amide bonds. The summed E-state index contributed by atoms with van der Waals surface area (Å²) in [4.78, 5) is 14.9. The van der Waals surface area contributed by atoms with Crippen LogP contribution in [0.2, 0.25) is 0 Å². The molecule has 1 atom stereocenters. The normalized spacial score (nSPS) is 13.4. The highest BCUT2D eigenvalue weighted by molar-refractivity contribution is 5.93. The van der Waals surface area contributed by atoms with Gasteiger partial charge in [-0.1, -0.05) is 39.8 Å². The molecular formula is C18H33N3O2. The molecule has 0 fully saturated rings. The molecule has 1 N–H and O–H groups in total. The average Bonchev–Trinajstić information content (AvgIpc) is 2.87. The second-order valence-corrected chi connectivity index (χ2v) is 6.99. The highest BCUT2D eigenvalue weighted by atomic mass is 16.5. The van der Waals surface area contributed by atoms with E-state index in [4.69, 9.17) is 4.52 Å². The van der Waals surface area contributed by atoms with Crippen LogP contribution in [-0.4, -0.2) is 41.6 Å². The van der Waals surface area contributed by atoms with Crippen LogP contribution in [0.1, 0.15) is 69.8 Å². The van der Waals surface area contributed by atoms with Crippen molar-refractivity contribution in [3.05, 3.63) is 17.0 Å². The van der Waals surface area contributed by atoms with E-state index in [0.717, 1.165) is 43.8 Å². The number of amides is 1. The van der Waals surface area contributed by atoms with Crippen molar-refractivity contribution < 1.29 is 9.32 Å². The van der Waals surface area contributed by atoms with E-state index in [9.17, 15) is 4.79 Å². The summed E-state index contributed by atoms with van der Waals surface area (Å²) in [5.41, 5.74) is 1.23. The third kappa shape index (κ3) is 5.06. The zero-order valence-corrected chi connectivity index (χ0v) is 15.8. The van der Waals surface area contributed by atoms with Crippen LogP contribution in [0, 0.1) is 12.3 Å². The van der Waals surface area contributed by atoms with Gasteiger partial charge >= 0.3 is 0 Å². The smallest absolute Gasteiger partial charge is 0.273 e. The molecule has 5 nitrogen and oxygen atoms in total. The minimum Gasteiger partial charge on any atom is -0.360 e. The van der Waals surface area contributed by atoms with Crippen molar-refractivity contribution in [3.8, 4) is 0 Å². The number of carbonyl (C=O) groups excluding carboxylic acids is 1. The first kappa shape index (κ1) is 19.7. The van der Waals surface area contributed by atoms with Crippen molar-refractivity contribution in [3.63, 3.8) is 0 Å². The SMILES string of the molecule is CCCN(CC)CC(C)(C)C(C)NC(=O)c1noc(CC)c1C. The number of nitrogens with one attached hydrogen (secondary N) is 1. The minimum atomic E-state index is -0.148. The van der Waals surface area contributed by atoms with Crippen molar-refractivity contribution in [2.45, 2.75) is 67.3 Å². The Morgan fingerprint density at radius 2 is 2.00 bits per heavy atom. The molecule has 5 heteroatoms. The highest BCUT2D eigenvalue weighted by Crippen LogP contribution is 2.23. The Morgan fingerprint density at radius 1 is 1.35 bits per heavy atom. The van der Waals surface area contributed by atoms with Crippen LogP contribution in [0.4, 0.5) is 0 Å². The zero-order valence-electron chi connectivity index (χ0n) is 15.8. The molecule has 0 aliphatic rings. The molecule has 132 valence electrons. The summed E-state index contributed by atoms with van der Waals surface area (Å²) in [5, 5.41) is 7.03. The first-order valence-corrected chi connectivity index (χ1v) is 8.75. The molecule has 0 saturated carbocycles. The lowest BCUT2D eigenvalue weighted by molar-refractivity contribution is 0.0858. The van der Waals surface area contributed by atoms with Crippen LogP contribution in [0.15, 0.2) is 4.52 Å². The fourth-order valence-corrected chi connectivity index (χ4v) is 2.75. The summed E-state index contributed by atoms with van der Waals surface area (Å²) in [6.07, 6.45) is 1.89. The van der Waals surface area contributed by atoms with Crippen LogP contribution < -0.4 is 5.32 Å². The molecule has 1 unspecified atom stereocenters. The van der Waals surface area contributed by atoms with E-state index in [1.807, 2.05) is 13.8 Å². The molecular weight excluding hydrogens is 290 g/mol. The first-order valence-electron chi connectivity index (χ1n) is 8.75. The van der Waals surface area contributed by atoms with E-state index in [-0.39, 0.29) is 17.4 Å². The molecule has 1 aromatic rings. The van der Waals surface area contributed by atoms with Crippen LogP contribution in [0.3, 0.4) is 0 Å². The lowest BCUT2D eigenvalue weighted by atomic mass is 9.84. The number of hydrogen-bond acceptors (Lipinski definition) is 4. The van der Waals surface area contributed by atoms with E-state index >= 15 is 0 Å². The maximum atomic E-state index is 12.5. The Bertz CT molecular complexity index is 508. The summed E-state index contributed by atoms with van der Waals surface area (Å²) >= 11 is 0. The quantitative estimate of drug-likeness (QED) is 0.756. The maximum absolute atomic E-state index is 12.5. The van der Waals surface area contributed by atoms with Gasteiger partial charge in [0.05, 0.1) is 0 Å². The third-order valence-electron chi connectivity index (χ3n) is 4.69. The van der Waals surface area contributed by atoms with Gasteiger partial charge in [-0.15, -0.1) is 0 Å². The molecule has 0 aliphatic heterocycles. The number of aryl methyl sites for hydroxylation is 1. The fraction of sp³-hybridized carbons (Fsp3) is 0.778. The molecule has 0 saturated heterocycles. The van der Waals surface area contributed by atoms with E-state index < -0.39 is 0 Å². The van der Waals surface area contributed by atoms with Crippen LogP contribution in [-0.2, 0) is 6.42 Å². The molecule has 1 heterocycles. The standard InChI is InChI=1S/C18H33N3O2/c1-8-11-21(10-3)12-18(6,7)14(5)19-17(22)16-13(4)15(9-2)23-20-16/h14H,8-12H2,1-7H3,(H,19,22). The molecule has 0 spiro atoms. The Kier molecular flexibility index (Phi) is 7.26. The van der Waals surface area contributed by atoms with E-state index in [0.29, 0.717) is 5.69 Å². The third-order valence-corrected chi connectivity index (χ3v) is 4.69. The van der Waals surface area contributed by atoms with E-state index in [2.05, 4.69) is 50.0 Å². The van der Waals surface area contributed by atoms with Crippen LogP contribution >= 0.6 is 0 Å². The molecule has 1 aromatic heterocycles. The topological polar surface area (TPSA) is 58.4 Å². The first-order chi connectivity index (χ1) is 10.8. The summed E-state index contributed by atoms with van der Waals surface area (Å²) in [6.45, 7) is 17.8.